The lowest BCUT2D eigenvalue weighted by Crippen LogP contribution is -2.07. The van der Waals surface area contributed by atoms with Crippen LogP contribution in [0.1, 0.15) is 16.8 Å². The minimum atomic E-state index is -1.09. The van der Waals surface area contributed by atoms with Crippen LogP contribution >= 0.6 is 11.6 Å². The number of nitrogen functional groups attached to an aromatic ring is 1. The predicted molar refractivity (Wildman–Crippen MR) is 58.6 cm³/mol. The summed E-state index contributed by atoms with van der Waals surface area (Å²) in [7, 11) is 0. The Hall–Kier alpha value is -1.42. The molecule has 0 atom stereocenters. The number of aromatic carboxylic acids is 1. The Labute approximate surface area is 92.6 Å². The van der Waals surface area contributed by atoms with Crippen LogP contribution in [-0.4, -0.2) is 23.6 Å². The number of carbonyl (C=O) groups is 1. The molecule has 3 N–H and O–H groups in total. The van der Waals surface area contributed by atoms with Gasteiger partial charge in [0.2, 0.25) is 0 Å². The van der Waals surface area contributed by atoms with Gasteiger partial charge in [-0.15, -0.1) is 11.6 Å². The molecule has 5 heteroatoms. The maximum absolute atomic E-state index is 10.9. The van der Waals surface area contributed by atoms with Crippen LogP contribution in [0.5, 0.6) is 5.75 Å². The Morgan fingerprint density at radius 3 is 2.87 bits per heavy atom. The van der Waals surface area contributed by atoms with Crippen LogP contribution in [0.4, 0.5) is 5.69 Å². The van der Waals surface area contributed by atoms with Crippen LogP contribution in [0.25, 0.3) is 0 Å². The molecule has 0 saturated carbocycles. The molecule has 1 aromatic carbocycles. The highest BCUT2D eigenvalue weighted by atomic mass is 35.5. The molecule has 0 heterocycles. The smallest absolute Gasteiger partial charge is 0.341 e. The molecular formula is C10H12ClNO3. The van der Waals surface area contributed by atoms with Crippen LogP contribution in [0.2, 0.25) is 0 Å². The Kier molecular flexibility index (Phi) is 4.24. The van der Waals surface area contributed by atoms with Crippen molar-refractivity contribution in [3.8, 4) is 5.75 Å². The summed E-state index contributed by atoms with van der Waals surface area (Å²) in [5.41, 5.74) is 5.75. The van der Waals surface area contributed by atoms with Crippen molar-refractivity contribution in [3.05, 3.63) is 23.8 Å². The molecule has 4 nitrogen and oxygen atoms in total. The molecule has 0 saturated heterocycles. The SMILES string of the molecule is Nc1cccc(OCCCCl)c1C(=O)O. The average Bonchev–Trinajstić information content (AvgIpc) is 2.17. The third kappa shape index (κ3) is 3.02. The van der Waals surface area contributed by atoms with E-state index in [1.807, 2.05) is 0 Å². The first-order chi connectivity index (χ1) is 7.16. The second kappa shape index (κ2) is 5.46. The molecule has 15 heavy (non-hydrogen) atoms. The molecule has 1 aromatic rings. The van der Waals surface area contributed by atoms with Gasteiger partial charge in [-0.25, -0.2) is 4.79 Å². The number of hydrogen-bond donors (Lipinski definition) is 2. The van der Waals surface area contributed by atoms with E-state index >= 15 is 0 Å². The Bertz CT molecular complexity index is 355. The summed E-state index contributed by atoms with van der Waals surface area (Å²) < 4.78 is 5.27. The van der Waals surface area contributed by atoms with Gasteiger partial charge in [0.1, 0.15) is 11.3 Å². The lowest BCUT2D eigenvalue weighted by atomic mass is 10.1. The third-order valence-corrected chi connectivity index (χ3v) is 2.08. The van der Waals surface area contributed by atoms with Gasteiger partial charge >= 0.3 is 5.97 Å². The molecule has 0 aliphatic carbocycles. The molecule has 0 spiro atoms. The Morgan fingerprint density at radius 1 is 1.53 bits per heavy atom. The van der Waals surface area contributed by atoms with Crippen molar-refractivity contribution in [3.63, 3.8) is 0 Å². The van der Waals surface area contributed by atoms with E-state index in [4.69, 9.17) is 27.2 Å². The summed E-state index contributed by atoms with van der Waals surface area (Å²) in [6.07, 6.45) is 0.662. The van der Waals surface area contributed by atoms with Gasteiger partial charge in [0.25, 0.3) is 0 Å². The van der Waals surface area contributed by atoms with E-state index in [-0.39, 0.29) is 17.0 Å². The van der Waals surface area contributed by atoms with Gasteiger partial charge in [0.05, 0.1) is 6.61 Å². The fourth-order valence-electron chi connectivity index (χ4n) is 1.13. The topological polar surface area (TPSA) is 72.5 Å². The first kappa shape index (κ1) is 11.7. The summed E-state index contributed by atoms with van der Waals surface area (Å²) in [4.78, 5) is 10.9. The van der Waals surface area contributed by atoms with Crippen LogP contribution in [0, 0.1) is 0 Å². The maximum Gasteiger partial charge on any atom is 0.341 e. The van der Waals surface area contributed by atoms with E-state index in [0.717, 1.165) is 0 Å². The lowest BCUT2D eigenvalue weighted by Gasteiger charge is -2.09. The zero-order valence-corrected chi connectivity index (χ0v) is 8.83. The summed E-state index contributed by atoms with van der Waals surface area (Å²) >= 11 is 5.48. The molecule has 0 aromatic heterocycles. The highest BCUT2D eigenvalue weighted by Gasteiger charge is 2.14. The number of alkyl halides is 1. The Balaban J connectivity index is 2.86. The number of ether oxygens (including phenoxy) is 1. The van der Waals surface area contributed by atoms with Crippen molar-refractivity contribution < 1.29 is 14.6 Å². The molecular weight excluding hydrogens is 218 g/mol. The van der Waals surface area contributed by atoms with Gasteiger partial charge in [0, 0.05) is 11.6 Å². The van der Waals surface area contributed by atoms with Crippen molar-refractivity contribution in [2.24, 2.45) is 0 Å². The first-order valence-corrected chi connectivity index (χ1v) is 5.01. The summed E-state index contributed by atoms with van der Waals surface area (Å²) in [5, 5.41) is 8.92. The van der Waals surface area contributed by atoms with E-state index in [1.54, 1.807) is 12.1 Å². The zero-order valence-electron chi connectivity index (χ0n) is 8.07. The average molecular weight is 230 g/mol. The highest BCUT2D eigenvalue weighted by molar-refractivity contribution is 6.17. The Morgan fingerprint density at radius 2 is 2.27 bits per heavy atom. The van der Waals surface area contributed by atoms with Crippen molar-refractivity contribution in [1.82, 2.24) is 0 Å². The van der Waals surface area contributed by atoms with Gasteiger partial charge in [-0.2, -0.15) is 0 Å². The standard InChI is InChI=1S/C10H12ClNO3/c11-5-2-6-15-8-4-1-3-7(12)9(8)10(13)14/h1,3-4H,2,5-6,12H2,(H,13,14). The first-order valence-electron chi connectivity index (χ1n) is 4.47. The van der Waals surface area contributed by atoms with E-state index in [2.05, 4.69) is 0 Å². The van der Waals surface area contributed by atoms with Crippen LogP contribution < -0.4 is 10.5 Å². The van der Waals surface area contributed by atoms with Gasteiger partial charge in [-0.05, 0) is 18.6 Å². The number of carboxylic acids is 1. The van der Waals surface area contributed by atoms with Gasteiger partial charge in [-0.1, -0.05) is 6.07 Å². The molecule has 0 radical (unpaired) electrons. The second-order valence-corrected chi connectivity index (χ2v) is 3.29. The number of benzene rings is 1. The third-order valence-electron chi connectivity index (χ3n) is 1.81. The van der Waals surface area contributed by atoms with Crippen LogP contribution in [0.3, 0.4) is 0 Å². The number of rotatable bonds is 5. The maximum atomic E-state index is 10.9. The molecule has 1 rings (SSSR count). The van der Waals surface area contributed by atoms with Gasteiger partial charge in [0.15, 0.2) is 0 Å². The van der Waals surface area contributed by atoms with Crippen molar-refractivity contribution in [1.29, 1.82) is 0 Å². The molecule has 0 bridgehead atoms. The number of hydrogen-bond acceptors (Lipinski definition) is 3. The molecule has 0 aliphatic rings. The lowest BCUT2D eigenvalue weighted by molar-refractivity contribution is 0.0693. The monoisotopic (exact) mass is 229 g/mol. The number of anilines is 1. The zero-order chi connectivity index (χ0) is 11.3. The number of halogens is 1. The van der Waals surface area contributed by atoms with E-state index in [1.165, 1.54) is 6.07 Å². The summed E-state index contributed by atoms with van der Waals surface area (Å²) in [6, 6.07) is 4.75. The minimum Gasteiger partial charge on any atom is -0.493 e. The quantitative estimate of drug-likeness (QED) is 0.460. The van der Waals surface area contributed by atoms with Gasteiger partial charge in [-0.3, -0.25) is 0 Å². The normalized spacial score (nSPS) is 9.93. The van der Waals surface area contributed by atoms with E-state index < -0.39 is 5.97 Å². The molecule has 0 aliphatic heterocycles. The summed E-state index contributed by atoms with van der Waals surface area (Å²) in [6.45, 7) is 0.382. The molecule has 0 amide bonds. The molecule has 0 fully saturated rings. The largest absolute Gasteiger partial charge is 0.493 e. The number of carboxylic acid groups (broad SMARTS) is 1. The van der Waals surface area contributed by atoms with Crippen molar-refractivity contribution >= 4 is 23.3 Å². The highest BCUT2D eigenvalue weighted by Crippen LogP contribution is 2.24. The predicted octanol–water partition coefficient (Wildman–Crippen LogP) is 1.97. The second-order valence-electron chi connectivity index (χ2n) is 2.92. The van der Waals surface area contributed by atoms with Crippen LogP contribution in [-0.2, 0) is 0 Å². The van der Waals surface area contributed by atoms with Crippen molar-refractivity contribution in [2.75, 3.05) is 18.2 Å². The minimum absolute atomic E-state index is 0.00655. The molecule has 82 valence electrons. The fourth-order valence-corrected chi connectivity index (χ4v) is 1.24. The molecule has 0 unspecified atom stereocenters. The van der Waals surface area contributed by atoms with E-state index in [0.29, 0.717) is 18.9 Å². The van der Waals surface area contributed by atoms with Crippen molar-refractivity contribution in [2.45, 2.75) is 6.42 Å². The van der Waals surface area contributed by atoms with Crippen LogP contribution in [0.15, 0.2) is 18.2 Å². The summed E-state index contributed by atoms with van der Waals surface area (Å²) in [5.74, 6) is -0.327. The fraction of sp³-hybridized carbons (Fsp3) is 0.300. The van der Waals surface area contributed by atoms with E-state index in [9.17, 15) is 4.79 Å². The van der Waals surface area contributed by atoms with Gasteiger partial charge < -0.3 is 15.6 Å². The number of nitrogens with two attached hydrogens (primary N) is 1.